The van der Waals surface area contributed by atoms with Crippen molar-refractivity contribution in [2.75, 3.05) is 0 Å². The molecule has 1 aromatic carbocycles. The minimum atomic E-state index is -4.23. The van der Waals surface area contributed by atoms with E-state index in [-0.39, 0.29) is 0 Å². The third-order valence-electron chi connectivity index (χ3n) is 2.98. The van der Waals surface area contributed by atoms with Crippen molar-refractivity contribution in [1.29, 1.82) is 0 Å². The number of benzene rings is 1. The fourth-order valence-electron chi connectivity index (χ4n) is 2.04. The average molecular weight is 226 g/mol. The van der Waals surface area contributed by atoms with Gasteiger partial charge in [-0.1, -0.05) is 24.3 Å². The van der Waals surface area contributed by atoms with E-state index in [1.54, 1.807) is 12.1 Å². The molecule has 0 amide bonds. The number of halogens is 3. The minimum absolute atomic E-state index is 0.382. The van der Waals surface area contributed by atoms with Crippen molar-refractivity contribution in [3.05, 3.63) is 47.5 Å². The number of allylic oxidation sites excluding steroid dienone is 2. The lowest BCUT2D eigenvalue weighted by molar-refractivity contribution is -0.137. The summed E-state index contributed by atoms with van der Waals surface area (Å²) in [6.07, 6.45) is 2.98. The predicted octanol–water partition coefficient (Wildman–Crippen LogP) is 4.53. The summed E-state index contributed by atoms with van der Waals surface area (Å²) in [5.41, 5.74) is 0.444. The Morgan fingerprint density at radius 3 is 2.19 bits per heavy atom. The molecule has 2 rings (SSSR count). The fourth-order valence-corrected chi connectivity index (χ4v) is 2.04. The third-order valence-corrected chi connectivity index (χ3v) is 2.98. The van der Waals surface area contributed by atoms with Gasteiger partial charge in [0.05, 0.1) is 5.56 Å². The zero-order valence-corrected chi connectivity index (χ0v) is 8.80. The van der Waals surface area contributed by atoms with Crippen LogP contribution in [0.15, 0.2) is 36.4 Å². The SMILES string of the molecule is FC(F)(F)c1ccc([C@@H]2CC=CCC2)cc1. The largest absolute Gasteiger partial charge is 0.416 e. The lowest BCUT2D eigenvalue weighted by Crippen LogP contribution is -2.06. The summed E-state index contributed by atoms with van der Waals surface area (Å²) in [6.45, 7) is 0. The van der Waals surface area contributed by atoms with Crippen molar-refractivity contribution in [1.82, 2.24) is 0 Å². The molecule has 1 atom stereocenters. The maximum atomic E-state index is 12.4. The van der Waals surface area contributed by atoms with Crippen molar-refractivity contribution >= 4 is 0 Å². The van der Waals surface area contributed by atoms with Crippen LogP contribution in [0.2, 0.25) is 0 Å². The van der Waals surface area contributed by atoms with Crippen LogP contribution < -0.4 is 0 Å². The number of hydrogen-bond donors (Lipinski definition) is 0. The van der Waals surface area contributed by atoms with Gasteiger partial charge >= 0.3 is 6.18 Å². The van der Waals surface area contributed by atoms with E-state index in [0.717, 1.165) is 24.8 Å². The van der Waals surface area contributed by atoms with E-state index in [1.807, 2.05) is 0 Å². The quantitative estimate of drug-likeness (QED) is 0.617. The van der Waals surface area contributed by atoms with Crippen molar-refractivity contribution in [2.24, 2.45) is 0 Å². The maximum Gasteiger partial charge on any atom is 0.416 e. The summed E-state index contributed by atoms with van der Waals surface area (Å²) < 4.78 is 37.1. The van der Waals surface area contributed by atoms with Crippen LogP contribution in [-0.2, 0) is 6.18 Å². The lowest BCUT2D eigenvalue weighted by atomic mass is 9.87. The molecule has 0 aliphatic heterocycles. The second-order valence-electron chi connectivity index (χ2n) is 4.10. The highest BCUT2D eigenvalue weighted by molar-refractivity contribution is 5.28. The molecular weight excluding hydrogens is 213 g/mol. The van der Waals surface area contributed by atoms with Crippen LogP contribution in [0.1, 0.15) is 36.3 Å². The second-order valence-corrected chi connectivity index (χ2v) is 4.10. The number of rotatable bonds is 1. The highest BCUT2D eigenvalue weighted by Crippen LogP contribution is 2.33. The van der Waals surface area contributed by atoms with E-state index in [4.69, 9.17) is 0 Å². The average Bonchev–Trinajstić information content (AvgIpc) is 2.29. The molecule has 1 aliphatic rings. The Morgan fingerprint density at radius 2 is 1.69 bits per heavy atom. The molecule has 0 radical (unpaired) electrons. The molecule has 0 heterocycles. The molecule has 1 aliphatic carbocycles. The molecule has 0 N–H and O–H groups in total. The first-order valence-corrected chi connectivity index (χ1v) is 5.39. The Kier molecular flexibility index (Phi) is 3.03. The van der Waals surface area contributed by atoms with Gasteiger partial charge in [-0.3, -0.25) is 0 Å². The molecule has 16 heavy (non-hydrogen) atoms. The number of hydrogen-bond acceptors (Lipinski definition) is 0. The zero-order valence-electron chi connectivity index (χ0n) is 8.80. The molecule has 0 saturated carbocycles. The monoisotopic (exact) mass is 226 g/mol. The first-order chi connectivity index (χ1) is 7.57. The third kappa shape index (κ3) is 2.46. The van der Waals surface area contributed by atoms with Gasteiger partial charge in [0.25, 0.3) is 0 Å². The van der Waals surface area contributed by atoms with Crippen molar-refractivity contribution in [3.63, 3.8) is 0 Å². The van der Waals surface area contributed by atoms with Gasteiger partial charge in [-0.05, 0) is 42.9 Å². The smallest absolute Gasteiger partial charge is 0.166 e. The Morgan fingerprint density at radius 1 is 1.00 bits per heavy atom. The molecule has 86 valence electrons. The molecule has 0 fully saturated rings. The van der Waals surface area contributed by atoms with Crippen LogP contribution >= 0.6 is 0 Å². The number of alkyl halides is 3. The maximum absolute atomic E-state index is 12.4. The molecule has 0 bridgehead atoms. The van der Waals surface area contributed by atoms with Crippen LogP contribution in [0.4, 0.5) is 13.2 Å². The van der Waals surface area contributed by atoms with Crippen LogP contribution in [-0.4, -0.2) is 0 Å². The first-order valence-electron chi connectivity index (χ1n) is 5.39. The van der Waals surface area contributed by atoms with Gasteiger partial charge in [0.15, 0.2) is 0 Å². The van der Waals surface area contributed by atoms with E-state index in [9.17, 15) is 13.2 Å². The van der Waals surface area contributed by atoms with Gasteiger partial charge < -0.3 is 0 Å². The summed E-state index contributed by atoms with van der Waals surface area (Å²) in [4.78, 5) is 0. The zero-order chi connectivity index (χ0) is 11.6. The van der Waals surface area contributed by atoms with Crippen LogP contribution in [0.25, 0.3) is 0 Å². The highest BCUT2D eigenvalue weighted by atomic mass is 19.4. The first kappa shape index (κ1) is 11.2. The molecule has 0 spiro atoms. The van der Waals surface area contributed by atoms with E-state index in [2.05, 4.69) is 12.2 Å². The molecule has 0 saturated heterocycles. The van der Waals surface area contributed by atoms with Gasteiger partial charge in [0.1, 0.15) is 0 Å². The van der Waals surface area contributed by atoms with E-state index in [1.165, 1.54) is 12.1 Å². The van der Waals surface area contributed by atoms with E-state index >= 15 is 0 Å². The van der Waals surface area contributed by atoms with Crippen molar-refractivity contribution in [2.45, 2.75) is 31.4 Å². The Labute approximate surface area is 92.8 Å². The standard InChI is InChI=1S/C13H13F3/c14-13(15,16)12-8-6-11(7-9-12)10-4-2-1-3-5-10/h1-2,6-10H,3-5H2/t10-/m1/s1. The minimum Gasteiger partial charge on any atom is -0.166 e. The Hall–Kier alpha value is -1.25. The van der Waals surface area contributed by atoms with E-state index < -0.39 is 11.7 Å². The fraction of sp³-hybridized carbons (Fsp3) is 0.385. The highest BCUT2D eigenvalue weighted by Gasteiger charge is 2.30. The van der Waals surface area contributed by atoms with Gasteiger partial charge in [-0.25, -0.2) is 0 Å². The molecule has 0 aromatic heterocycles. The summed E-state index contributed by atoms with van der Waals surface area (Å²) >= 11 is 0. The molecule has 0 unspecified atom stereocenters. The van der Waals surface area contributed by atoms with Gasteiger partial charge in [-0.2, -0.15) is 13.2 Å². The summed E-state index contributed by atoms with van der Waals surface area (Å²) in [7, 11) is 0. The van der Waals surface area contributed by atoms with Gasteiger partial charge in [0.2, 0.25) is 0 Å². The Bertz CT molecular complexity index is 373. The lowest BCUT2D eigenvalue weighted by Gasteiger charge is -2.18. The topological polar surface area (TPSA) is 0 Å². The van der Waals surface area contributed by atoms with Crippen LogP contribution in [0, 0.1) is 0 Å². The molecule has 1 aromatic rings. The molecule has 3 heteroatoms. The van der Waals surface area contributed by atoms with Gasteiger partial charge in [-0.15, -0.1) is 0 Å². The molecular formula is C13H13F3. The Balaban J connectivity index is 2.16. The van der Waals surface area contributed by atoms with E-state index in [0.29, 0.717) is 5.92 Å². The normalized spacial score (nSPS) is 21.1. The summed E-state index contributed by atoms with van der Waals surface area (Å²) in [6, 6.07) is 5.56. The predicted molar refractivity (Wildman–Crippen MR) is 57.2 cm³/mol. The van der Waals surface area contributed by atoms with Gasteiger partial charge in [0, 0.05) is 0 Å². The molecule has 0 nitrogen and oxygen atoms in total. The van der Waals surface area contributed by atoms with Crippen LogP contribution in [0.3, 0.4) is 0 Å². The summed E-state index contributed by atoms with van der Waals surface area (Å²) in [5.74, 6) is 0.382. The van der Waals surface area contributed by atoms with Crippen molar-refractivity contribution in [3.8, 4) is 0 Å². The van der Waals surface area contributed by atoms with Crippen molar-refractivity contribution < 1.29 is 13.2 Å². The second kappa shape index (κ2) is 4.32. The van der Waals surface area contributed by atoms with Crippen LogP contribution in [0.5, 0.6) is 0 Å². The summed E-state index contributed by atoms with van der Waals surface area (Å²) in [5, 5.41) is 0.